The average Bonchev–Trinajstić information content (AvgIpc) is 2.74. The third-order valence-electron chi connectivity index (χ3n) is 2.22. The van der Waals surface area contributed by atoms with Gasteiger partial charge in [-0.25, -0.2) is 4.79 Å². The van der Waals surface area contributed by atoms with E-state index in [0.717, 1.165) is 0 Å². The van der Waals surface area contributed by atoms with Crippen LogP contribution in [0.4, 0.5) is 4.79 Å². The molecule has 17 heavy (non-hydrogen) atoms. The molecule has 1 fully saturated rings. The second-order valence-electron chi connectivity index (χ2n) is 3.49. The summed E-state index contributed by atoms with van der Waals surface area (Å²) in [7, 11) is 0. The summed E-state index contributed by atoms with van der Waals surface area (Å²) in [5, 5.41) is 0. The van der Waals surface area contributed by atoms with Gasteiger partial charge in [-0.3, -0.25) is 0 Å². The fraction of sp³-hybridized carbons (Fsp3) is 0.417. The van der Waals surface area contributed by atoms with Crippen LogP contribution in [0.5, 0.6) is 11.5 Å². The van der Waals surface area contributed by atoms with Gasteiger partial charge in [0.25, 0.3) is 0 Å². The molecular formula is C12H14O5. The minimum Gasteiger partial charge on any atom is -0.490 e. The van der Waals surface area contributed by atoms with Crippen LogP contribution in [-0.4, -0.2) is 32.1 Å². The third-order valence-corrected chi connectivity index (χ3v) is 2.22. The number of rotatable bonds is 5. The van der Waals surface area contributed by atoms with Crippen molar-refractivity contribution in [1.82, 2.24) is 0 Å². The Kier molecular flexibility index (Phi) is 3.69. The normalized spacial score (nSPS) is 18.4. The fourth-order valence-electron chi connectivity index (χ4n) is 1.47. The van der Waals surface area contributed by atoms with E-state index in [-0.39, 0.29) is 19.3 Å². The zero-order valence-corrected chi connectivity index (χ0v) is 9.55. The van der Waals surface area contributed by atoms with Gasteiger partial charge in [0.15, 0.2) is 17.6 Å². The monoisotopic (exact) mass is 238 g/mol. The number of carbonyl (C=O) groups is 1. The number of ether oxygens (including phenoxy) is 4. The summed E-state index contributed by atoms with van der Waals surface area (Å²) in [5.41, 5.74) is 0. The summed E-state index contributed by atoms with van der Waals surface area (Å²) < 4.78 is 20.5. The minimum absolute atomic E-state index is 0.232. The number of hydrogen-bond donors (Lipinski definition) is 0. The average molecular weight is 238 g/mol. The van der Waals surface area contributed by atoms with Gasteiger partial charge in [-0.15, -0.1) is 0 Å². The third kappa shape index (κ3) is 3.03. The summed E-state index contributed by atoms with van der Waals surface area (Å²) in [6.07, 6.45) is -0.992. The Morgan fingerprint density at radius 1 is 1.29 bits per heavy atom. The van der Waals surface area contributed by atoms with E-state index in [4.69, 9.17) is 14.2 Å². The highest BCUT2D eigenvalue weighted by Gasteiger charge is 2.25. The zero-order valence-electron chi connectivity index (χ0n) is 9.55. The first-order valence-corrected chi connectivity index (χ1v) is 5.47. The van der Waals surface area contributed by atoms with Gasteiger partial charge in [0, 0.05) is 0 Å². The Bertz CT molecular complexity index is 390. The lowest BCUT2D eigenvalue weighted by Crippen LogP contribution is -2.20. The molecule has 92 valence electrons. The molecule has 1 aliphatic heterocycles. The van der Waals surface area contributed by atoms with E-state index in [9.17, 15) is 4.79 Å². The SMILES string of the molecule is CCOc1ccccc1OCC1COC(=O)O1. The molecule has 0 N–H and O–H groups in total. The first-order valence-electron chi connectivity index (χ1n) is 5.47. The van der Waals surface area contributed by atoms with Gasteiger partial charge in [-0.05, 0) is 19.1 Å². The van der Waals surface area contributed by atoms with E-state index in [1.165, 1.54) is 0 Å². The molecule has 0 amide bonds. The van der Waals surface area contributed by atoms with Crippen molar-refractivity contribution in [3.63, 3.8) is 0 Å². The van der Waals surface area contributed by atoms with E-state index in [1.807, 2.05) is 31.2 Å². The molecule has 5 heteroatoms. The molecule has 0 saturated carbocycles. The van der Waals surface area contributed by atoms with Gasteiger partial charge in [-0.2, -0.15) is 0 Å². The van der Waals surface area contributed by atoms with Crippen molar-refractivity contribution in [1.29, 1.82) is 0 Å². The lowest BCUT2D eigenvalue weighted by Gasteiger charge is -2.12. The first kappa shape index (κ1) is 11.6. The van der Waals surface area contributed by atoms with Crippen molar-refractivity contribution in [2.75, 3.05) is 19.8 Å². The van der Waals surface area contributed by atoms with Gasteiger partial charge < -0.3 is 18.9 Å². The second-order valence-corrected chi connectivity index (χ2v) is 3.49. The molecule has 1 unspecified atom stereocenters. The van der Waals surface area contributed by atoms with Crippen molar-refractivity contribution in [2.24, 2.45) is 0 Å². The first-order chi connectivity index (χ1) is 8.29. The fourth-order valence-corrected chi connectivity index (χ4v) is 1.47. The molecule has 1 aromatic carbocycles. The van der Waals surface area contributed by atoms with Crippen LogP contribution in [0.15, 0.2) is 24.3 Å². The maximum absolute atomic E-state index is 10.7. The second kappa shape index (κ2) is 5.43. The molecule has 1 heterocycles. The van der Waals surface area contributed by atoms with Gasteiger partial charge in [0.2, 0.25) is 0 Å². The van der Waals surface area contributed by atoms with Crippen LogP contribution in [0.3, 0.4) is 0 Å². The Balaban J connectivity index is 1.91. The van der Waals surface area contributed by atoms with Crippen molar-refractivity contribution in [2.45, 2.75) is 13.0 Å². The van der Waals surface area contributed by atoms with Crippen LogP contribution >= 0.6 is 0 Å². The molecule has 1 saturated heterocycles. The van der Waals surface area contributed by atoms with Crippen LogP contribution in [0, 0.1) is 0 Å². The molecule has 0 bridgehead atoms. The van der Waals surface area contributed by atoms with Crippen LogP contribution < -0.4 is 9.47 Å². The highest BCUT2D eigenvalue weighted by molar-refractivity contribution is 5.61. The molecule has 0 aromatic heterocycles. The van der Waals surface area contributed by atoms with Gasteiger partial charge in [0.05, 0.1) is 6.61 Å². The van der Waals surface area contributed by atoms with Crippen molar-refractivity contribution in [3.8, 4) is 11.5 Å². The van der Waals surface area contributed by atoms with E-state index in [1.54, 1.807) is 0 Å². The molecule has 2 rings (SSSR count). The predicted molar refractivity (Wildman–Crippen MR) is 59.3 cm³/mol. The molecule has 0 spiro atoms. The van der Waals surface area contributed by atoms with Gasteiger partial charge >= 0.3 is 6.16 Å². The molecule has 5 nitrogen and oxygen atoms in total. The maximum Gasteiger partial charge on any atom is 0.508 e. The van der Waals surface area contributed by atoms with E-state index >= 15 is 0 Å². The van der Waals surface area contributed by atoms with E-state index in [0.29, 0.717) is 18.1 Å². The van der Waals surface area contributed by atoms with Gasteiger partial charge in [0.1, 0.15) is 13.2 Å². The molecule has 1 aliphatic rings. The van der Waals surface area contributed by atoms with Crippen LogP contribution in [0.2, 0.25) is 0 Å². The molecular weight excluding hydrogens is 224 g/mol. The van der Waals surface area contributed by atoms with Crippen molar-refractivity contribution < 1.29 is 23.7 Å². The summed E-state index contributed by atoms with van der Waals surface area (Å²) in [6, 6.07) is 7.37. The minimum atomic E-state index is -0.642. The predicted octanol–water partition coefficient (Wildman–Crippen LogP) is 2.00. The molecule has 0 radical (unpaired) electrons. The van der Waals surface area contributed by atoms with Gasteiger partial charge in [-0.1, -0.05) is 12.1 Å². The number of carbonyl (C=O) groups excluding carboxylic acids is 1. The lowest BCUT2D eigenvalue weighted by molar-refractivity contribution is 0.0973. The standard InChI is InChI=1S/C12H14O5/c1-2-14-10-5-3-4-6-11(10)15-7-9-8-16-12(13)17-9/h3-6,9H,2,7-8H2,1H3. The number of para-hydroxylation sites is 2. The number of hydrogen-bond acceptors (Lipinski definition) is 5. The lowest BCUT2D eigenvalue weighted by atomic mass is 10.3. The van der Waals surface area contributed by atoms with Crippen molar-refractivity contribution >= 4 is 6.16 Å². The smallest absolute Gasteiger partial charge is 0.490 e. The molecule has 1 atom stereocenters. The zero-order chi connectivity index (χ0) is 12.1. The Hall–Kier alpha value is -1.91. The highest BCUT2D eigenvalue weighted by atomic mass is 16.8. The summed E-state index contributed by atoms with van der Waals surface area (Å²) in [4.78, 5) is 10.7. The number of benzene rings is 1. The van der Waals surface area contributed by atoms with Crippen LogP contribution in [-0.2, 0) is 9.47 Å². The van der Waals surface area contributed by atoms with Crippen LogP contribution in [0.25, 0.3) is 0 Å². The Morgan fingerprint density at radius 2 is 2.00 bits per heavy atom. The molecule has 1 aromatic rings. The quantitative estimate of drug-likeness (QED) is 0.734. The topological polar surface area (TPSA) is 54.0 Å². The highest BCUT2D eigenvalue weighted by Crippen LogP contribution is 2.26. The molecule has 0 aliphatic carbocycles. The van der Waals surface area contributed by atoms with E-state index < -0.39 is 6.16 Å². The summed E-state index contributed by atoms with van der Waals surface area (Å²) >= 11 is 0. The number of cyclic esters (lactones) is 2. The summed E-state index contributed by atoms with van der Waals surface area (Å²) in [6.45, 7) is 2.97. The van der Waals surface area contributed by atoms with Crippen LogP contribution in [0.1, 0.15) is 6.92 Å². The summed E-state index contributed by atoms with van der Waals surface area (Å²) in [5.74, 6) is 1.32. The van der Waals surface area contributed by atoms with E-state index in [2.05, 4.69) is 4.74 Å². The maximum atomic E-state index is 10.7. The largest absolute Gasteiger partial charge is 0.508 e. The Labute approximate surface area is 99.2 Å². The van der Waals surface area contributed by atoms with Crippen molar-refractivity contribution in [3.05, 3.63) is 24.3 Å². The Morgan fingerprint density at radius 3 is 2.59 bits per heavy atom.